The van der Waals surface area contributed by atoms with Gasteiger partial charge in [-0.05, 0) is 24.6 Å². The van der Waals surface area contributed by atoms with Crippen molar-refractivity contribution < 1.29 is 19.4 Å². The molecule has 1 heterocycles. The number of carboxylic acids is 1. The molecule has 0 radical (unpaired) electrons. The Hall–Kier alpha value is -1.71. The topological polar surface area (TPSA) is 55.8 Å². The van der Waals surface area contributed by atoms with Gasteiger partial charge in [-0.1, -0.05) is 0 Å². The van der Waals surface area contributed by atoms with Gasteiger partial charge in [-0.15, -0.1) is 0 Å². The Balaban J connectivity index is 2.58. The first-order valence-electron chi connectivity index (χ1n) is 4.32. The number of benzene rings is 1. The van der Waals surface area contributed by atoms with Crippen molar-refractivity contribution in [1.29, 1.82) is 0 Å². The van der Waals surface area contributed by atoms with Gasteiger partial charge in [0.1, 0.15) is 18.8 Å². The average Bonchev–Trinajstić information content (AvgIpc) is 2.16. The molecule has 14 heavy (non-hydrogen) atoms. The number of rotatable bonds is 1. The summed E-state index contributed by atoms with van der Waals surface area (Å²) in [6, 6.07) is 3.36. The van der Waals surface area contributed by atoms with E-state index in [0.29, 0.717) is 24.7 Å². The van der Waals surface area contributed by atoms with Crippen molar-refractivity contribution in [1.82, 2.24) is 0 Å². The maximum atomic E-state index is 10.9. The highest BCUT2D eigenvalue weighted by Crippen LogP contribution is 2.34. The number of aromatic carboxylic acids is 1. The molecule has 0 saturated heterocycles. The van der Waals surface area contributed by atoms with Crippen LogP contribution in [-0.4, -0.2) is 24.3 Å². The smallest absolute Gasteiger partial charge is 0.339 e. The van der Waals surface area contributed by atoms with Gasteiger partial charge < -0.3 is 14.6 Å². The van der Waals surface area contributed by atoms with Gasteiger partial charge in [0.25, 0.3) is 0 Å². The lowest BCUT2D eigenvalue weighted by atomic mass is 10.1. The van der Waals surface area contributed by atoms with Crippen molar-refractivity contribution in [3.63, 3.8) is 0 Å². The number of hydrogen-bond acceptors (Lipinski definition) is 3. The standard InChI is InChI=1S/C10H10O4/c1-6-4-7(10(11)12)9-8(5-6)13-2-3-14-9/h4-5H,2-3H2,1H3,(H,11,12). The van der Waals surface area contributed by atoms with Crippen molar-refractivity contribution in [2.45, 2.75) is 6.92 Å². The Bertz CT molecular complexity index is 384. The lowest BCUT2D eigenvalue weighted by molar-refractivity contribution is 0.0686. The van der Waals surface area contributed by atoms with Crippen molar-refractivity contribution in [3.05, 3.63) is 23.3 Å². The molecule has 0 bridgehead atoms. The molecule has 4 heteroatoms. The fourth-order valence-corrected chi connectivity index (χ4v) is 1.45. The molecular weight excluding hydrogens is 184 g/mol. The van der Waals surface area contributed by atoms with Crippen LogP contribution >= 0.6 is 0 Å². The van der Waals surface area contributed by atoms with E-state index in [0.717, 1.165) is 5.56 Å². The third-order valence-electron chi connectivity index (χ3n) is 2.02. The van der Waals surface area contributed by atoms with E-state index in [9.17, 15) is 4.79 Å². The summed E-state index contributed by atoms with van der Waals surface area (Å²) in [5, 5.41) is 8.93. The van der Waals surface area contributed by atoms with Crippen LogP contribution in [0.1, 0.15) is 15.9 Å². The lowest BCUT2D eigenvalue weighted by Crippen LogP contribution is -2.18. The van der Waals surface area contributed by atoms with Crippen LogP contribution in [0.15, 0.2) is 12.1 Å². The Morgan fingerprint density at radius 1 is 1.36 bits per heavy atom. The molecule has 4 nitrogen and oxygen atoms in total. The summed E-state index contributed by atoms with van der Waals surface area (Å²) in [4.78, 5) is 10.9. The molecule has 0 atom stereocenters. The van der Waals surface area contributed by atoms with Crippen LogP contribution in [0.5, 0.6) is 11.5 Å². The van der Waals surface area contributed by atoms with Gasteiger partial charge in [-0.2, -0.15) is 0 Å². The maximum absolute atomic E-state index is 10.9. The van der Waals surface area contributed by atoms with Crippen LogP contribution in [0, 0.1) is 6.92 Å². The van der Waals surface area contributed by atoms with Gasteiger partial charge in [0.05, 0.1) is 0 Å². The second kappa shape index (κ2) is 3.21. The summed E-state index contributed by atoms with van der Waals surface area (Å²) < 4.78 is 10.6. The summed E-state index contributed by atoms with van der Waals surface area (Å²) >= 11 is 0. The number of ether oxygens (including phenoxy) is 2. The summed E-state index contributed by atoms with van der Waals surface area (Å²) in [5.41, 5.74) is 1.02. The molecule has 74 valence electrons. The summed E-state index contributed by atoms with van der Waals surface area (Å²) in [7, 11) is 0. The van der Waals surface area contributed by atoms with E-state index in [1.54, 1.807) is 12.1 Å². The molecule has 0 aromatic heterocycles. The van der Waals surface area contributed by atoms with Gasteiger partial charge >= 0.3 is 5.97 Å². The van der Waals surface area contributed by atoms with Crippen LogP contribution in [-0.2, 0) is 0 Å². The average molecular weight is 194 g/mol. The minimum atomic E-state index is -0.990. The predicted molar refractivity (Wildman–Crippen MR) is 49.1 cm³/mol. The Kier molecular flexibility index (Phi) is 2.04. The molecule has 1 aromatic carbocycles. The minimum absolute atomic E-state index is 0.166. The molecule has 1 aliphatic rings. The van der Waals surface area contributed by atoms with E-state index in [-0.39, 0.29) is 5.56 Å². The van der Waals surface area contributed by atoms with E-state index in [1.807, 2.05) is 6.92 Å². The zero-order valence-electron chi connectivity index (χ0n) is 7.74. The highest BCUT2D eigenvalue weighted by Gasteiger charge is 2.20. The van der Waals surface area contributed by atoms with E-state index in [2.05, 4.69) is 0 Å². The van der Waals surface area contributed by atoms with Gasteiger partial charge in [0.2, 0.25) is 0 Å². The molecule has 2 rings (SSSR count). The first-order valence-corrected chi connectivity index (χ1v) is 4.32. The zero-order chi connectivity index (χ0) is 10.1. The zero-order valence-corrected chi connectivity index (χ0v) is 7.74. The van der Waals surface area contributed by atoms with Crippen molar-refractivity contribution in [3.8, 4) is 11.5 Å². The lowest BCUT2D eigenvalue weighted by Gasteiger charge is -2.20. The molecular formula is C10H10O4. The first-order chi connectivity index (χ1) is 6.68. The molecule has 0 saturated carbocycles. The second-order valence-electron chi connectivity index (χ2n) is 3.14. The maximum Gasteiger partial charge on any atom is 0.339 e. The third kappa shape index (κ3) is 1.39. The molecule has 0 unspecified atom stereocenters. The normalized spacial score (nSPS) is 13.8. The van der Waals surface area contributed by atoms with Crippen LogP contribution in [0.2, 0.25) is 0 Å². The van der Waals surface area contributed by atoms with E-state index >= 15 is 0 Å². The molecule has 0 fully saturated rings. The van der Waals surface area contributed by atoms with Crippen LogP contribution in [0.4, 0.5) is 0 Å². The Labute approximate surface area is 81.1 Å². The SMILES string of the molecule is Cc1cc2c(c(C(=O)O)c1)OCCO2. The number of hydrogen-bond donors (Lipinski definition) is 1. The molecule has 1 aliphatic heterocycles. The quantitative estimate of drug-likeness (QED) is 0.735. The molecule has 0 amide bonds. The highest BCUT2D eigenvalue weighted by atomic mass is 16.6. The van der Waals surface area contributed by atoms with E-state index < -0.39 is 5.97 Å². The monoisotopic (exact) mass is 194 g/mol. The van der Waals surface area contributed by atoms with E-state index in [1.165, 1.54) is 0 Å². The van der Waals surface area contributed by atoms with Gasteiger partial charge in [-0.3, -0.25) is 0 Å². The third-order valence-corrected chi connectivity index (χ3v) is 2.02. The van der Waals surface area contributed by atoms with Gasteiger partial charge in [-0.25, -0.2) is 4.79 Å². The highest BCUT2D eigenvalue weighted by molar-refractivity contribution is 5.92. The fraction of sp³-hybridized carbons (Fsp3) is 0.300. The van der Waals surface area contributed by atoms with Crippen LogP contribution in [0.25, 0.3) is 0 Å². The molecule has 0 aliphatic carbocycles. The van der Waals surface area contributed by atoms with Crippen LogP contribution in [0.3, 0.4) is 0 Å². The molecule has 1 N–H and O–H groups in total. The van der Waals surface area contributed by atoms with Crippen molar-refractivity contribution >= 4 is 5.97 Å². The molecule has 0 spiro atoms. The fourth-order valence-electron chi connectivity index (χ4n) is 1.45. The Morgan fingerprint density at radius 2 is 2.07 bits per heavy atom. The number of carboxylic acid groups (broad SMARTS) is 1. The minimum Gasteiger partial charge on any atom is -0.486 e. The summed E-state index contributed by atoms with van der Waals surface area (Å²) in [5.74, 6) is -0.126. The largest absolute Gasteiger partial charge is 0.486 e. The predicted octanol–water partition coefficient (Wildman–Crippen LogP) is 1.46. The van der Waals surface area contributed by atoms with Crippen LogP contribution < -0.4 is 9.47 Å². The van der Waals surface area contributed by atoms with Gasteiger partial charge in [0, 0.05) is 0 Å². The number of carbonyl (C=O) groups is 1. The number of aryl methyl sites for hydroxylation is 1. The second-order valence-corrected chi connectivity index (χ2v) is 3.14. The van der Waals surface area contributed by atoms with Gasteiger partial charge in [0.15, 0.2) is 11.5 Å². The van der Waals surface area contributed by atoms with Crippen molar-refractivity contribution in [2.24, 2.45) is 0 Å². The number of fused-ring (bicyclic) bond motifs is 1. The summed E-state index contributed by atoms with van der Waals surface area (Å²) in [6.45, 7) is 2.69. The summed E-state index contributed by atoms with van der Waals surface area (Å²) in [6.07, 6.45) is 0. The van der Waals surface area contributed by atoms with Crippen molar-refractivity contribution in [2.75, 3.05) is 13.2 Å². The molecule has 1 aromatic rings. The first kappa shape index (κ1) is 8.87. The van der Waals surface area contributed by atoms with E-state index in [4.69, 9.17) is 14.6 Å². The Morgan fingerprint density at radius 3 is 2.79 bits per heavy atom.